The maximum absolute atomic E-state index is 12.5. The first-order chi connectivity index (χ1) is 13.4. The number of carbonyl (C=O) groups excluding carboxylic acids is 2. The van der Waals surface area contributed by atoms with Crippen molar-refractivity contribution in [3.05, 3.63) is 53.3 Å². The molecule has 2 atom stereocenters. The van der Waals surface area contributed by atoms with Crippen molar-refractivity contribution in [2.24, 2.45) is 0 Å². The van der Waals surface area contributed by atoms with Crippen LogP contribution in [0.4, 0.5) is 0 Å². The normalized spacial score (nSPS) is 19.4. The van der Waals surface area contributed by atoms with Gasteiger partial charge in [0.05, 0.1) is 0 Å². The Morgan fingerprint density at radius 2 is 1.57 bits per heavy atom. The number of carbonyl (C=O) groups is 2. The van der Waals surface area contributed by atoms with Gasteiger partial charge in [0.15, 0.2) is 6.61 Å². The molecule has 1 aliphatic heterocycles. The number of nitrogens with zero attached hydrogens (tertiary/aromatic N) is 2. The van der Waals surface area contributed by atoms with Crippen molar-refractivity contribution in [2.75, 3.05) is 12.0 Å². The Hall–Kier alpha value is -2.76. The monoisotopic (exact) mass is 383 g/mol. The lowest BCUT2D eigenvalue weighted by Gasteiger charge is -2.38. The molecule has 1 saturated heterocycles. The van der Waals surface area contributed by atoms with Crippen LogP contribution in [0.25, 0.3) is 0 Å². The summed E-state index contributed by atoms with van der Waals surface area (Å²) in [7, 11) is 0. The molecule has 1 aromatic carbocycles. The molecule has 0 bridgehead atoms. The van der Waals surface area contributed by atoms with Gasteiger partial charge in [-0.2, -0.15) is 0 Å². The van der Waals surface area contributed by atoms with E-state index in [2.05, 4.69) is 19.3 Å². The maximum atomic E-state index is 12.5. The Labute approximate surface area is 166 Å². The third-order valence-electron chi connectivity index (χ3n) is 5.44. The fourth-order valence-corrected chi connectivity index (χ4v) is 3.85. The van der Waals surface area contributed by atoms with Gasteiger partial charge >= 0.3 is 0 Å². The lowest BCUT2D eigenvalue weighted by molar-refractivity contribution is -0.139. The van der Waals surface area contributed by atoms with Gasteiger partial charge in [-0.25, -0.2) is 0 Å². The summed E-state index contributed by atoms with van der Waals surface area (Å²) in [5, 5.41) is 0. The van der Waals surface area contributed by atoms with Gasteiger partial charge < -0.3 is 9.64 Å². The van der Waals surface area contributed by atoms with Crippen LogP contribution < -0.4 is 10.2 Å². The molecule has 1 N–H and O–H groups in total. The van der Waals surface area contributed by atoms with Crippen LogP contribution in [0.15, 0.2) is 36.4 Å². The minimum Gasteiger partial charge on any atom is -0.484 e. The predicted molar refractivity (Wildman–Crippen MR) is 109 cm³/mol. The molecular formula is C22H29N3O3. The lowest BCUT2D eigenvalue weighted by atomic mass is 9.97. The smallest absolute Gasteiger partial charge is 0.270 e. The van der Waals surface area contributed by atoms with E-state index in [-0.39, 0.29) is 30.5 Å². The summed E-state index contributed by atoms with van der Waals surface area (Å²) in [5.41, 5.74) is 5.33. The molecule has 1 aliphatic rings. The quantitative estimate of drug-likeness (QED) is 0.857. The van der Waals surface area contributed by atoms with Gasteiger partial charge in [0.1, 0.15) is 5.75 Å². The second kappa shape index (κ2) is 8.50. The number of nitrogens with one attached hydrogen (secondary N) is 1. The molecule has 6 heteroatoms. The fraction of sp³-hybridized carbons (Fsp3) is 0.455. The topological polar surface area (TPSA) is 63.6 Å². The van der Waals surface area contributed by atoms with Gasteiger partial charge in [-0.15, -0.1) is 0 Å². The average molecular weight is 383 g/mol. The minimum absolute atomic E-state index is 0.0140. The van der Waals surface area contributed by atoms with E-state index >= 15 is 0 Å². The molecule has 2 aromatic rings. The van der Waals surface area contributed by atoms with Gasteiger partial charge in [0, 0.05) is 29.0 Å². The molecule has 150 valence electrons. The molecule has 0 aliphatic carbocycles. The molecule has 3 rings (SSSR count). The number of rotatable bonds is 5. The molecular weight excluding hydrogens is 354 g/mol. The highest BCUT2D eigenvalue weighted by atomic mass is 16.5. The molecule has 0 spiro atoms. The Morgan fingerprint density at radius 3 is 2.14 bits per heavy atom. The first-order valence-electron chi connectivity index (χ1n) is 9.87. The van der Waals surface area contributed by atoms with Crippen LogP contribution in [0.2, 0.25) is 0 Å². The van der Waals surface area contributed by atoms with E-state index < -0.39 is 0 Å². The molecule has 1 fully saturated rings. The SMILES string of the molecule is Cc1ccc(C)n1NC(=O)c1ccc(OCC(=O)N2[C@H](C)CCC[C@@H]2C)cc1. The van der Waals surface area contributed by atoms with Crippen LogP contribution in [0.1, 0.15) is 54.9 Å². The van der Waals surface area contributed by atoms with E-state index in [1.54, 1.807) is 28.9 Å². The van der Waals surface area contributed by atoms with Gasteiger partial charge in [-0.1, -0.05) is 0 Å². The van der Waals surface area contributed by atoms with E-state index in [4.69, 9.17) is 4.74 Å². The van der Waals surface area contributed by atoms with Crippen LogP contribution in [-0.4, -0.2) is 40.1 Å². The molecule has 2 heterocycles. The highest BCUT2D eigenvalue weighted by Crippen LogP contribution is 2.23. The van der Waals surface area contributed by atoms with E-state index in [1.165, 1.54) is 6.42 Å². The first kappa shape index (κ1) is 20.0. The standard InChI is InChI=1S/C22H29N3O3/c1-15-6-5-7-16(2)24(15)21(26)14-28-20-12-10-19(11-13-20)22(27)23-25-17(3)8-9-18(25)4/h8-13,15-16H,5-7,14H2,1-4H3,(H,23,27)/t15-,16+. The number of likely N-dealkylation sites (tertiary alicyclic amines) is 1. The largest absolute Gasteiger partial charge is 0.484 e. The third kappa shape index (κ3) is 4.38. The summed E-state index contributed by atoms with van der Waals surface area (Å²) in [6.07, 6.45) is 3.25. The van der Waals surface area contributed by atoms with Gasteiger partial charge in [0.2, 0.25) is 0 Å². The first-order valence-corrected chi connectivity index (χ1v) is 9.87. The molecule has 0 unspecified atom stereocenters. The summed E-state index contributed by atoms with van der Waals surface area (Å²) in [4.78, 5) is 26.9. The predicted octanol–water partition coefficient (Wildman–Crippen LogP) is 3.66. The Balaban J connectivity index is 1.57. The van der Waals surface area contributed by atoms with Crippen LogP contribution in [-0.2, 0) is 4.79 Å². The highest BCUT2D eigenvalue weighted by molar-refractivity contribution is 6.00. The van der Waals surface area contributed by atoms with Crippen molar-refractivity contribution < 1.29 is 14.3 Å². The average Bonchev–Trinajstić information content (AvgIpc) is 2.98. The number of piperidine rings is 1. The number of ether oxygens (including phenoxy) is 1. The van der Waals surface area contributed by atoms with Crippen molar-refractivity contribution in [1.82, 2.24) is 9.58 Å². The number of hydrogen-bond acceptors (Lipinski definition) is 3. The summed E-state index contributed by atoms with van der Waals surface area (Å²) in [6.45, 7) is 8.07. The Morgan fingerprint density at radius 1 is 1.00 bits per heavy atom. The van der Waals surface area contributed by atoms with E-state index in [9.17, 15) is 9.59 Å². The molecule has 2 amide bonds. The van der Waals surface area contributed by atoms with Gasteiger partial charge in [-0.05, 0) is 83.4 Å². The van der Waals surface area contributed by atoms with Gasteiger partial charge in [0.25, 0.3) is 11.8 Å². The molecule has 0 radical (unpaired) electrons. The number of aryl methyl sites for hydroxylation is 2. The van der Waals surface area contributed by atoms with Crippen molar-refractivity contribution in [2.45, 2.75) is 59.0 Å². The summed E-state index contributed by atoms with van der Waals surface area (Å²) >= 11 is 0. The number of benzene rings is 1. The fourth-order valence-electron chi connectivity index (χ4n) is 3.85. The van der Waals surface area contributed by atoms with Crippen molar-refractivity contribution in [1.29, 1.82) is 0 Å². The summed E-state index contributed by atoms with van der Waals surface area (Å²) in [5.74, 6) is 0.400. The van der Waals surface area contributed by atoms with E-state index in [0.29, 0.717) is 11.3 Å². The zero-order valence-corrected chi connectivity index (χ0v) is 17.1. The molecule has 0 saturated carbocycles. The van der Waals surface area contributed by atoms with Crippen molar-refractivity contribution in [3.8, 4) is 5.75 Å². The number of hydrogen-bond donors (Lipinski definition) is 1. The summed E-state index contributed by atoms with van der Waals surface area (Å²) in [6, 6.07) is 11.3. The van der Waals surface area contributed by atoms with E-state index in [0.717, 1.165) is 24.2 Å². The van der Waals surface area contributed by atoms with Crippen LogP contribution in [0, 0.1) is 13.8 Å². The second-order valence-electron chi connectivity index (χ2n) is 7.64. The Kier molecular flexibility index (Phi) is 6.07. The highest BCUT2D eigenvalue weighted by Gasteiger charge is 2.28. The Bertz CT molecular complexity index is 812. The molecule has 1 aromatic heterocycles. The van der Waals surface area contributed by atoms with E-state index in [1.807, 2.05) is 30.9 Å². The lowest BCUT2D eigenvalue weighted by Crippen LogP contribution is -2.49. The molecule has 6 nitrogen and oxygen atoms in total. The summed E-state index contributed by atoms with van der Waals surface area (Å²) < 4.78 is 7.42. The number of amides is 2. The minimum atomic E-state index is -0.194. The van der Waals surface area contributed by atoms with Crippen LogP contribution >= 0.6 is 0 Å². The maximum Gasteiger partial charge on any atom is 0.270 e. The van der Waals surface area contributed by atoms with Gasteiger partial charge in [-0.3, -0.25) is 19.7 Å². The second-order valence-corrected chi connectivity index (χ2v) is 7.64. The zero-order chi connectivity index (χ0) is 20.3. The zero-order valence-electron chi connectivity index (χ0n) is 17.1. The number of aromatic nitrogens is 1. The van der Waals surface area contributed by atoms with Crippen molar-refractivity contribution >= 4 is 11.8 Å². The van der Waals surface area contributed by atoms with Crippen LogP contribution in [0.5, 0.6) is 5.75 Å². The molecule has 28 heavy (non-hydrogen) atoms. The van der Waals surface area contributed by atoms with Crippen molar-refractivity contribution in [3.63, 3.8) is 0 Å². The third-order valence-corrected chi connectivity index (χ3v) is 5.44. The van der Waals surface area contributed by atoms with Crippen LogP contribution in [0.3, 0.4) is 0 Å².